The maximum Gasteiger partial charge on any atom is 0.246 e. The minimum absolute atomic E-state index is 0.145. The molecule has 1 fully saturated rings. The first-order valence-electron chi connectivity index (χ1n) is 4.90. The molecule has 1 saturated heterocycles. The van der Waals surface area contributed by atoms with Crippen molar-refractivity contribution in [2.75, 3.05) is 6.54 Å². The molecule has 1 rings (SSSR count). The van der Waals surface area contributed by atoms with E-state index in [9.17, 15) is 9.90 Å². The van der Waals surface area contributed by atoms with E-state index < -0.39 is 12.0 Å². The highest BCUT2D eigenvalue weighted by Crippen LogP contribution is 2.09. The van der Waals surface area contributed by atoms with Crippen molar-refractivity contribution < 1.29 is 19.5 Å². The van der Waals surface area contributed by atoms with E-state index in [1.807, 2.05) is 20.8 Å². The Morgan fingerprint density at radius 1 is 1.73 bits per heavy atom. The standard InChI is InChI=1S/C9H18N2O4/c1-9(2,3)14-8(13)10-5-6-4-7(12)11-15-6/h6,8,10,13H,4-5H2,1-3H3,(H,11,12). The Morgan fingerprint density at radius 3 is 2.87 bits per heavy atom. The van der Waals surface area contributed by atoms with Gasteiger partial charge >= 0.3 is 0 Å². The first-order valence-corrected chi connectivity index (χ1v) is 4.90. The van der Waals surface area contributed by atoms with Crippen LogP contribution in [0.1, 0.15) is 27.2 Å². The van der Waals surface area contributed by atoms with Crippen molar-refractivity contribution in [1.29, 1.82) is 0 Å². The largest absolute Gasteiger partial charge is 0.356 e. The summed E-state index contributed by atoms with van der Waals surface area (Å²) in [5.74, 6) is -0.145. The monoisotopic (exact) mass is 218 g/mol. The number of rotatable bonds is 4. The summed E-state index contributed by atoms with van der Waals surface area (Å²) in [5, 5.41) is 12.1. The van der Waals surface area contributed by atoms with E-state index in [2.05, 4.69) is 10.8 Å². The zero-order valence-electron chi connectivity index (χ0n) is 9.24. The lowest BCUT2D eigenvalue weighted by Crippen LogP contribution is -2.41. The first-order chi connectivity index (χ1) is 6.87. The lowest BCUT2D eigenvalue weighted by molar-refractivity contribution is -0.184. The average molecular weight is 218 g/mol. The maximum absolute atomic E-state index is 10.8. The van der Waals surface area contributed by atoms with Crippen LogP contribution < -0.4 is 10.8 Å². The van der Waals surface area contributed by atoms with Gasteiger partial charge in [0.15, 0.2) is 0 Å². The molecule has 1 aliphatic rings. The summed E-state index contributed by atoms with van der Waals surface area (Å²) >= 11 is 0. The molecule has 0 aromatic heterocycles. The Labute approximate surface area is 88.9 Å². The van der Waals surface area contributed by atoms with Crippen LogP contribution in [0.5, 0.6) is 0 Å². The van der Waals surface area contributed by atoms with E-state index >= 15 is 0 Å². The molecule has 88 valence electrons. The molecule has 0 bridgehead atoms. The van der Waals surface area contributed by atoms with Crippen molar-refractivity contribution >= 4 is 5.91 Å². The fourth-order valence-electron chi connectivity index (χ4n) is 1.16. The van der Waals surface area contributed by atoms with E-state index in [-0.39, 0.29) is 12.0 Å². The molecule has 6 nitrogen and oxygen atoms in total. The third kappa shape index (κ3) is 5.08. The highest BCUT2D eigenvalue weighted by Gasteiger charge is 2.24. The summed E-state index contributed by atoms with van der Waals surface area (Å²) in [7, 11) is 0. The van der Waals surface area contributed by atoms with E-state index in [0.29, 0.717) is 13.0 Å². The molecule has 2 unspecified atom stereocenters. The molecule has 6 heteroatoms. The topological polar surface area (TPSA) is 79.8 Å². The number of hydrogen-bond donors (Lipinski definition) is 3. The fourth-order valence-corrected chi connectivity index (χ4v) is 1.16. The number of hydrogen-bond acceptors (Lipinski definition) is 5. The number of carbonyl (C=O) groups is 1. The van der Waals surface area contributed by atoms with Crippen molar-refractivity contribution in [3.8, 4) is 0 Å². The quantitative estimate of drug-likeness (QED) is 0.554. The van der Waals surface area contributed by atoms with E-state index in [0.717, 1.165) is 0 Å². The van der Waals surface area contributed by atoms with Gasteiger partial charge in [-0.3, -0.25) is 14.9 Å². The molecule has 1 aliphatic heterocycles. The van der Waals surface area contributed by atoms with Crippen LogP contribution in [0, 0.1) is 0 Å². The number of amides is 1. The second-order valence-corrected chi connectivity index (χ2v) is 4.46. The number of aliphatic hydroxyl groups is 1. The van der Waals surface area contributed by atoms with Crippen molar-refractivity contribution in [2.24, 2.45) is 0 Å². The van der Waals surface area contributed by atoms with E-state index in [1.54, 1.807) is 0 Å². The summed E-state index contributed by atoms with van der Waals surface area (Å²) < 4.78 is 5.21. The van der Waals surface area contributed by atoms with Crippen LogP contribution in [0.2, 0.25) is 0 Å². The number of hydroxylamine groups is 1. The molecule has 0 aliphatic carbocycles. The average Bonchev–Trinajstić information content (AvgIpc) is 2.45. The molecular weight excluding hydrogens is 200 g/mol. The Bertz CT molecular complexity index is 227. The molecule has 0 radical (unpaired) electrons. The molecule has 1 heterocycles. The Morgan fingerprint density at radius 2 is 2.40 bits per heavy atom. The van der Waals surface area contributed by atoms with Gasteiger partial charge < -0.3 is 9.84 Å². The van der Waals surface area contributed by atoms with Gasteiger partial charge in [0.05, 0.1) is 12.0 Å². The van der Waals surface area contributed by atoms with Gasteiger partial charge in [-0.2, -0.15) is 0 Å². The van der Waals surface area contributed by atoms with Crippen LogP contribution >= 0.6 is 0 Å². The summed E-state index contributed by atoms with van der Waals surface area (Å²) in [6.07, 6.45) is -1.00. The number of carbonyl (C=O) groups excluding carboxylic acids is 1. The lowest BCUT2D eigenvalue weighted by atomic mass is 10.2. The van der Waals surface area contributed by atoms with Crippen LogP contribution in [0.3, 0.4) is 0 Å². The minimum atomic E-state index is -1.05. The molecule has 1 amide bonds. The van der Waals surface area contributed by atoms with Crippen molar-refractivity contribution in [1.82, 2.24) is 10.8 Å². The van der Waals surface area contributed by atoms with E-state index in [1.165, 1.54) is 0 Å². The van der Waals surface area contributed by atoms with Crippen LogP contribution in [0.15, 0.2) is 0 Å². The normalized spacial score (nSPS) is 24.0. The van der Waals surface area contributed by atoms with Crippen LogP contribution in [-0.2, 0) is 14.4 Å². The lowest BCUT2D eigenvalue weighted by Gasteiger charge is -2.24. The maximum atomic E-state index is 10.8. The molecule has 2 atom stereocenters. The minimum Gasteiger partial charge on any atom is -0.356 e. The highest BCUT2D eigenvalue weighted by molar-refractivity contribution is 5.76. The predicted octanol–water partition coefficient (Wildman–Crippen LogP) is -0.513. The van der Waals surface area contributed by atoms with Gasteiger partial charge in [0.2, 0.25) is 12.3 Å². The molecule has 0 spiro atoms. The van der Waals surface area contributed by atoms with Gasteiger partial charge in [-0.15, -0.1) is 0 Å². The van der Waals surface area contributed by atoms with Gasteiger partial charge in [-0.1, -0.05) is 0 Å². The Kier molecular flexibility index (Phi) is 4.04. The molecule has 0 aromatic rings. The number of aliphatic hydroxyl groups excluding tert-OH is 1. The van der Waals surface area contributed by atoms with Crippen molar-refractivity contribution in [3.05, 3.63) is 0 Å². The highest BCUT2D eigenvalue weighted by atomic mass is 16.7. The smallest absolute Gasteiger partial charge is 0.246 e. The van der Waals surface area contributed by atoms with Gasteiger partial charge in [0.1, 0.15) is 6.10 Å². The number of nitrogens with one attached hydrogen (secondary N) is 2. The van der Waals surface area contributed by atoms with Gasteiger partial charge in [0.25, 0.3) is 0 Å². The van der Waals surface area contributed by atoms with Crippen LogP contribution in [0.25, 0.3) is 0 Å². The van der Waals surface area contributed by atoms with Crippen molar-refractivity contribution in [3.63, 3.8) is 0 Å². The van der Waals surface area contributed by atoms with Crippen LogP contribution in [0.4, 0.5) is 0 Å². The fraction of sp³-hybridized carbons (Fsp3) is 0.889. The molecule has 3 N–H and O–H groups in total. The number of ether oxygens (including phenoxy) is 1. The second-order valence-electron chi connectivity index (χ2n) is 4.46. The Hall–Kier alpha value is -0.690. The SMILES string of the molecule is CC(C)(C)OC(O)NCC1CC(=O)NO1. The van der Waals surface area contributed by atoms with E-state index in [4.69, 9.17) is 9.57 Å². The van der Waals surface area contributed by atoms with Crippen molar-refractivity contribution in [2.45, 2.75) is 45.3 Å². The third-order valence-electron chi connectivity index (χ3n) is 1.74. The summed E-state index contributed by atoms with van der Waals surface area (Å²) in [4.78, 5) is 15.7. The zero-order valence-corrected chi connectivity index (χ0v) is 9.24. The predicted molar refractivity (Wildman–Crippen MR) is 52.5 cm³/mol. The van der Waals surface area contributed by atoms with Crippen LogP contribution in [-0.4, -0.2) is 35.7 Å². The first kappa shape index (κ1) is 12.4. The third-order valence-corrected chi connectivity index (χ3v) is 1.74. The summed E-state index contributed by atoms with van der Waals surface area (Å²) in [6, 6.07) is 0. The van der Waals surface area contributed by atoms with Gasteiger partial charge in [-0.05, 0) is 20.8 Å². The molecule has 15 heavy (non-hydrogen) atoms. The molecule has 0 aromatic carbocycles. The summed E-state index contributed by atoms with van der Waals surface area (Å²) in [6.45, 7) is 5.88. The molecule has 0 saturated carbocycles. The Balaban J connectivity index is 2.17. The zero-order chi connectivity index (χ0) is 11.5. The molecular formula is C9H18N2O4. The van der Waals surface area contributed by atoms with Gasteiger partial charge in [0, 0.05) is 6.54 Å². The summed E-state index contributed by atoms with van der Waals surface area (Å²) in [5.41, 5.74) is 1.82. The second kappa shape index (κ2) is 4.89. The van der Waals surface area contributed by atoms with Gasteiger partial charge in [-0.25, -0.2) is 5.48 Å².